The highest BCUT2D eigenvalue weighted by Gasteiger charge is 2.27. The van der Waals surface area contributed by atoms with Crippen LogP contribution in [0.2, 0.25) is 5.02 Å². The summed E-state index contributed by atoms with van der Waals surface area (Å²) in [6.07, 6.45) is 1.58. The highest BCUT2D eigenvalue weighted by atomic mass is 35.5. The molecule has 2 heterocycles. The highest BCUT2D eigenvalue weighted by molar-refractivity contribution is 6.30. The first-order chi connectivity index (χ1) is 13.7. The zero-order chi connectivity index (χ0) is 19.3. The number of amides is 1. The maximum Gasteiger partial charge on any atom is 0.260 e. The number of likely N-dealkylation sites (tertiary alicyclic amines) is 1. The van der Waals surface area contributed by atoms with Gasteiger partial charge in [-0.15, -0.1) is 0 Å². The van der Waals surface area contributed by atoms with Gasteiger partial charge in [-0.25, -0.2) is 0 Å². The first-order valence-electron chi connectivity index (χ1n) is 9.24. The van der Waals surface area contributed by atoms with Crippen molar-refractivity contribution < 1.29 is 14.1 Å². The molecule has 0 N–H and O–H groups in total. The molecule has 7 heteroatoms. The highest BCUT2D eigenvalue weighted by Crippen LogP contribution is 2.29. The number of hydrogen-bond acceptors (Lipinski definition) is 5. The zero-order valence-electron chi connectivity index (χ0n) is 15.3. The number of halogens is 1. The van der Waals surface area contributed by atoms with E-state index < -0.39 is 0 Å². The molecule has 0 spiro atoms. The van der Waals surface area contributed by atoms with Gasteiger partial charge >= 0.3 is 0 Å². The van der Waals surface area contributed by atoms with Crippen molar-refractivity contribution in [2.24, 2.45) is 0 Å². The third-order valence-corrected chi connectivity index (χ3v) is 5.10. The lowest BCUT2D eigenvalue weighted by atomic mass is 9.97. The van der Waals surface area contributed by atoms with Gasteiger partial charge in [-0.2, -0.15) is 4.98 Å². The van der Waals surface area contributed by atoms with E-state index in [2.05, 4.69) is 10.1 Å². The molecule has 0 aliphatic carbocycles. The van der Waals surface area contributed by atoms with Gasteiger partial charge < -0.3 is 14.2 Å². The summed E-state index contributed by atoms with van der Waals surface area (Å²) in [7, 11) is 0. The van der Waals surface area contributed by atoms with Crippen molar-refractivity contribution in [3.63, 3.8) is 0 Å². The number of rotatable bonds is 5. The summed E-state index contributed by atoms with van der Waals surface area (Å²) in [5, 5.41) is 4.75. The molecule has 1 aromatic heterocycles. The Hall–Kier alpha value is -2.86. The molecule has 0 atom stereocenters. The molecule has 28 heavy (non-hydrogen) atoms. The lowest BCUT2D eigenvalue weighted by Crippen LogP contribution is -2.40. The summed E-state index contributed by atoms with van der Waals surface area (Å²) >= 11 is 5.92. The minimum atomic E-state index is -0.00492. The van der Waals surface area contributed by atoms with Gasteiger partial charge in [0.1, 0.15) is 5.75 Å². The fraction of sp³-hybridized carbons (Fsp3) is 0.286. The molecule has 2 aromatic carbocycles. The van der Waals surface area contributed by atoms with Crippen molar-refractivity contribution in [3.05, 3.63) is 65.5 Å². The van der Waals surface area contributed by atoms with E-state index in [0.717, 1.165) is 18.4 Å². The summed E-state index contributed by atoms with van der Waals surface area (Å²) < 4.78 is 11.0. The fourth-order valence-electron chi connectivity index (χ4n) is 3.25. The minimum Gasteiger partial charge on any atom is -0.484 e. The Morgan fingerprint density at radius 2 is 1.82 bits per heavy atom. The van der Waals surface area contributed by atoms with Crippen LogP contribution in [0, 0.1) is 0 Å². The van der Waals surface area contributed by atoms with Crippen molar-refractivity contribution in [1.82, 2.24) is 15.0 Å². The average Bonchev–Trinajstić information content (AvgIpc) is 3.24. The van der Waals surface area contributed by atoms with Crippen LogP contribution in [-0.4, -0.2) is 40.6 Å². The smallest absolute Gasteiger partial charge is 0.260 e. The van der Waals surface area contributed by atoms with Crippen LogP contribution >= 0.6 is 11.6 Å². The SMILES string of the molecule is O=C(COc1ccccc1)N1CCC(c2nc(-c3ccc(Cl)cc3)no2)CC1. The third kappa shape index (κ3) is 4.34. The summed E-state index contributed by atoms with van der Waals surface area (Å²) in [5.41, 5.74) is 0.866. The van der Waals surface area contributed by atoms with Gasteiger partial charge in [-0.1, -0.05) is 35.0 Å². The van der Waals surface area contributed by atoms with Gasteiger partial charge in [0.2, 0.25) is 11.7 Å². The maximum absolute atomic E-state index is 12.4. The van der Waals surface area contributed by atoms with E-state index in [0.29, 0.717) is 35.6 Å². The fourth-order valence-corrected chi connectivity index (χ4v) is 3.37. The van der Waals surface area contributed by atoms with Crippen molar-refractivity contribution in [3.8, 4) is 17.1 Å². The first-order valence-corrected chi connectivity index (χ1v) is 9.62. The van der Waals surface area contributed by atoms with Gasteiger partial charge in [0, 0.05) is 29.6 Å². The number of aromatic nitrogens is 2. The molecule has 1 amide bonds. The van der Waals surface area contributed by atoms with E-state index in [9.17, 15) is 4.79 Å². The second-order valence-electron chi connectivity index (χ2n) is 6.72. The van der Waals surface area contributed by atoms with E-state index in [-0.39, 0.29) is 18.4 Å². The number of benzene rings is 2. The lowest BCUT2D eigenvalue weighted by molar-refractivity contribution is -0.134. The Labute approximate surface area is 168 Å². The van der Waals surface area contributed by atoms with E-state index in [1.807, 2.05) is 47.4 Å². The minimum absolute atomic E-state index is 0.00492. The maximum atomic E-state index is 12.4. The number of carbonyl (C=O) groups excluding carboxylic acids is 1. The largest absolute Gasteiger partial charge is 0.484 e. The topological polar surface area (TPSA) is 68.5 Å². The van der Waals surface area contributed by atoms with Gasteiger partial charge in [-0.3, -0.25) is 4.79 Å². The monoisotopic (exact) mass is 397 g/mol. The molecule has 6 nitrogen and oxygen atoms in total. The molecule has 144 valence electrons. The average molecular weight is 398 g/mol. The molecule has 1 aliphatic heterocycles. The summed E-state index contributed by atoms with van der Waals surface area (Å²) in [6, 6.07) is 16.7. The predicted molar refractivity (Wildman–Crippen MR) is 105 cm³/mol. The van der Waals surface area contributed by atoms with Gasteiger partial charge in [0.05, 0.1) is 0 Å². The third-order valence-electron chi connectivity index (χ3n) is 4.85. The predicted octanol–water partition coefficient (Wildman–Crippen LogP) is 4.18. The van der Waals surface area contributed by atoms with Gasteiger partial charge in [-0.05, 0) is 49.2 Å². The Bertz CT molecular complexity index is 920. The van der Waals surface area contributed by atoms with Gasteiger partial charge in [0.25, 0.3) is 5.91 Å². The summed E-state index contributed by atoms with van der Waals surface area (Å²) in [4.78, 5) is 18.7. The first kappa shape index (κ1) is 18.5. The van der Waals surface area contributed by atoms with Crippen molar-refractivity contribution >= 4 is 17.5 Å². The second kappa shape index (κ2) is 8.44. The van der Waals surface area contributed by atoms with Crippen LogP contribution in [0.15, 0.2) is 59.1 Å². The number of para-hydroxylation sites is 1. The van der Waals surface area contributed by atoms with Crippen LogP contribution in [-0.2, 0) is 4.79 Å². The van der Waals surface area contributed by atoms with E-state index in [1.165, 1.54) is 0 Å². The second-order valence-corrected chi connectivity index (χ2v) is 7.16. The van der Waals surface area contributed by atoms with E-state index in [1.54, 1.807) is 12.1 Å². The molecule has 3 aromatic rings. The molecule has 4 rings (SSSR count). The summed E-state index contributed by atoms with van der Waals surface area (Å²) in [5.74, 6) is 2.03. The Morgan fingerprint density at radius 1 is 1.11 bits per heavy atom. The van der Waals surface area contributed by atoms with Crippen LogP contribution in [0.1, 0.15) is 24.7 Å². The molecule has 1 fully saturated rings. The normalized spacial score (nSPS) is 14.8. The molecule has 1 aliphatic rings. The van der Waals surface area contributed by atoms with Crippen LogP contribution in [0.5, 0.6) is 5.75 Å². The standard InChI is InChI=1S/C21H20ClN3O3/c22-17-8-6-15(7-9-17)20-23-21(28-24-20)16-10-12-25(13-11-16)19(26)14-27-18-4-2-1-3-5-18/h1-9,16H,10-14H2. The molecule has 0 saturated carbocycles. The molecule has 0 bridgehead atoms. The number of nitrogens with zero attached hydrogens (tertiary/aromatic N) is 3. The lowest BCUT2D eigenvalue weighted by Gasteiger charge is -2.30. The Balaban J connectivity index is 1.30. The Kier molecular flexibility index (Phi) is 5.58. The number of piperidine rings is 1. The molecule has 0 unspecified atom stereocenters. The Morgan fingerprint density at radius 3 is 2.54 bits per heavy atom. The number of carbonyl (C=O) groups is 1. The number of ether oxygens (including phenoxy) is 1. The van der Waals surface area contributed by atoms with Gasteiger partial charge in [0.15, 0.2) is 6.61 Å². The molecular weight excluding hydrogens is 378 g/mol. The van der Waals surface area contributed by atoms with Crippen molar-refractivity contribution in [1.29, 1.82) is 0 Å². The quantitative estimate of drug-likeness (QED) is 0.646. The molecule has 1 saturated heterocycles. The van der Waals surface area contributed by atoms with Crippen LogP contribution in [0.3, 0.4) is 0 Å². The van der Waals surface area contributed by atoms with Crippen LogP contribution in [0.25, 0.3) is 11.4 Å². The number of hydrogen-bond donors (Lipinski definition) is 0. The zero-order valence-corrected chi connectivity index (χ0v) is 16.0. The molecular formula is C21H20ClN3O3. The molecule has 0 radical (unpaired) electrons. The van der Waals surface area contributed by atoms with Crippen molar-refractivity contribution in [2.45, 2.75) is 18.8 Å². The van der Waals surface area contributed by atoms with Crippen molar-refractivity contribution in [2.75, 3.05) is 19.7 Å². The van der Waals surface area contributed by atoms with Crippen LogP contribution in [0.4, 0.5) is 0 Å². The summed E-state index contributed by atoms with van der Waals surface area (Å²) in [6.45, 7) is 1.36. The van der Waals surface area contributed by atoms with E-state index >= 15 is 0 Å². The van der Waals surface area contributed by atoms with E-state index in [4.69, 9.17) is 20.9 Å². The van der Waals surface area contributed by atoms with Crippen LogP contribution < -0.4 is 4.74 Å².